The lowest BCUT2D eigenvalue weighted by Crippen LogP contribution is -2.25. The number of carboxylic acid groups (broad SMARTS) is 2. The number of nitrogens with zero attached hydrogens (tertiary/aromatic N) is 3. The van der Waals surface area contributed by atoms with E-state index in [9.17, 15) is 19.8 Å². The minimum atomic E-state index is -1.13. The lowest BCUT2D eigenvalue weighted by molar-refractivity contribution is 0.0680. The predicted octanol–water partition coefficient (Wildman–Crippen LogP) is 13.7. The van der Waals surface area contributed by atoms with Crippen molar-refractivity contribution < 1.29 is 19.8 Å². The minimum Gasteiger partial charge on any atom is -0.477 e. The fourth-order valence-electron chi connectivity index (χ4n) is 8.92. The zero-order valence-corrected chi connectivity index (χ0v) is 34.4. The summed E-state index contributed by atoms with van der Waals surface area (Å²) < 4.78 is 0. The molecule has 0 radical (unpaired) electrons. The molecule has 302 valence electrons. The summed E-state index contributed by atoms with van der Waals surface area (Å²) >= 11 is 0. The molecule has 7 heteroatoms. The highest BCUT2D eigenvalue weighted by molar-refractivity contribution is 5.88. The van der Waals surface area contributed by atoms with E-state index in [0.717, 1.165) is 16.7 Å². The lowest BCUT2D eigenvalue weighted by atomic mass is 9.70. The van der Waals surface area contributed by atoms with E-state index in [1.807, 2.05) is 12.1 Å². The fourth-order valence-corrected chi connectivity index (χ4v) is 8.92. The number of hydrogen-bond acceptors (Lipinski definition) is 5. The Bertz CT molecular complexity index is 2310. The van der Waals surface area contributed by atoms with Gasteiger partial charge in [0, 0.05) is 5.41 Å². The van der Waals surface area contributed by atoms with Gasteiger partial charge in [-0.15, -0.1) is 0 Å². The third-order valence-corrected chi connectivity index (χ3v) is 12.0. The molecular formula is C52H55N3O4. The molecule has 0 atom stereocenters. The van der Waals surface area contributed by atoms with Gasteiger partial charge in [-0.2, -0.15) is 0 Å². The number of benzene rings is 3. The molecule has 3 aromatic heterocycles. The molecule has 7 nitrogen and oxygen atoms in total. The Kier molecular flexibility index (Phi) is 13.4. The summed E-state index contributed by atoms with van der Waals surface area (Å²) in [6, 6.07) is 38.1. The molecular weight excluding hydrogens is 731 g/mol. The van der Waals surface area contributed by atoms with Crippen molar-refractivity contribution in [2.45, 2.75) is 109 Å². The molecule has 0 saturated heterocycles. The van der Waals surface area contributed by atoms with Gasteiger partial charge in [-0.1, -0.05) is 164 Å². The molecule has 0 aliphatic heterocycles. The smallest absolute Gasteiger partial charge is 0.354 e. The number of carboxylic acids is 2. The van der Waals surface area contributed by atoms with Gasteiger partial charge in [0.25, 0.3) is 0 Å². The third kappa shape index (κ3) is 9.36. The first kappa shape index (κ1) is 41.2. The monoisotopic (exact) mass is 785 g/mol. The molecule has 3 aromatic carbocycles. The Balaban J connectivity index is 1.24. The predicted molar refractivity (Wildman–Crippen MR) is 238 cm³/mol. The van der Waals surface area contributed by atoms with E-state index in [4.69, 9.17) is 4.98 Å². The molecule has 0 spiro atoms. The first-order valence-corrected chi connectivity index (χ1v) is 21.6. The molecule has 59 heavy (non-hydrogen) atoms. The van der Waals surface area contributed by atoms with Crippen LogP contribution in [0, 0.1) is 0 Å². The van der Waals surface area contributed by atoms with Gasteiger partial charge in [-0.25, -0.2) is 24.5 Å². The van der Waals surface area contributed by atoms with Crippen molar-refractivity contribution in [2.24, 2.45) is 0 Å². The summed E-state index contributed by atoms with van der Waals surface area (Å²) in [5, 5.41) is 19.3. The van der Waals surface area contributed by atoms with Gasteiger partial charge in [0.15, 0.2) is 0 Å². The van der Waals surface area contributed by atoms with E-state index in [0.29, 0.717) is 22.8 Å². The number of carbonyl (C=O) groups is 2. The SMILES string of the molecule is CCCCCCCCC1(CCCCCCCC)c2ccccc2-c2ccc(-c3ccc(-c4cc(-c5cccc(C(=O)O)n5)nc(-c5cccc(C(=O)O)n5)c4)cc3)cc21. The maximum atomic E-state index is 11.8. The summed E-state index contributed by atoms with van der Waals surface area (Å²) in [6.07, 6.45) is 17.8. The van der Waals surface area contributed by atoms with Gasteiger partial charge in [0.1, 0.15) is 11.4 Å². The highest BCUT2D eigenvalue weighted by atomic mass is 16.4. The van der Waals surface area contributed by atoms with Crippen molar-refractivity contribution in [3.05, 3.63) is 138 Å². The van der Waals surface area contributed by atoms with Gasteiger partial charge in [-0.05, 0) is 99.8 Å². The quantitative estimate of drug-likeness (QED) is 0.0741. The Morgan fingerprint density at radius 2 is 0.915 bits per heavy atom. The molecule has 0 saturated carbocycles. The zero-order chi connectivity index (χ0) is 41.2. The molecule has 0 unspecified atom stereocenters. The number of aromatic carboxylic acids is 2. The van der Waals surface area contributed by atoms with E-state index >= 15 is 0 Å². The number of fused-ring (bicyclic) bond motifs is 3. The Hall–Kier alpha value is -5.95. The van der Waals surface area contributed by atoms with Crippen LogP contribution in [0.25, 0.3) is 56.2 Å². The molecule has 0 amide bonds. The molecule has 1 aliphatic rings. The Morgan fingerprint density at radius 1 is 0.441 bits per heavy atom. The average molecular weight is 786 g/mol. The lowest BCUT2D eigenvalue weighted by Gasteiger charge is -2.33. The summed E-state index contributed by atoms with van der Waals surface area (Å²) in [7, 11) is 0. The van der Waals surface area contributed by atoms with Gasteiger partial charge >= 0.3 is 11.9 Å². The van der Waals surface area contributed by atoms with Crippen LogP contribution in [-0.4, -0.2) is 37.1 Å². The highest BCUT2D eigenvalue weighted by Gasteiger charge is 2.42. The van der Waals surface area contributed by atoms with E-state index in [1.165, 1.54) is 130 Å². The van der Waals surface area contributed by atoms with E-state index in [-0.39, 0.29) is 16.8 Å². The maximum Gasteiger partial charge on any atom is 0.354 e. The maximum absolute atomic E-state index is 11.8. The average Bonchev–Trinajstić information content (AvgIpc) is 3.54. The van der Waals surface area contributed by atoms with Crippen LogP contribution in [0.15, 0.2) is 115 Å². The van der Waals surface area contributed by atoms with Gasteiger partial charge in [0.2, 0.25) is 0 Å². The Morgan fingerprint density at radius 3 is 1.46 bits per heavy atom. The van der Waals surface area contributed by atoms with Crippen LogP contribution in [-0.2, 0) is 5.41 Å². The molecule has 7 rings (SSSR count). The molecule has 2 N–H and O–H groups in total. The van der Waals surface area contributed by atoms with Gasteiger partial charge in [-0.3, -0.25) is 0 Å². The fraction of sp³-hybridized carbons (Fsp3) is 0.327. The van der Waals surface area contributed by atoms with E-state index in [2.05, 4.69) is 90.5 Å². The number of rotatable bonds is 20. The second kappa shape index (κ2) is 19.2. The van der Waals surface area contributed by atoms with E-state index < -0.39 is 11.9 Å². The Labute approximate surface area is 348 Å². The summed E-state index contributed by atoms with van der Waals surface area (Å²) in [5.74, 6) is -2.26. The van der Waals surface area contributed by atoms with Crippen molar-refractivity contribution in [3.8, 4) is 56.2 Å². The molecule has 0 bridgehead atoms. The van der Waals surface area contributed by atoms with Crippen LogP contribution < -0.4 is 0 Å². The molecule has 1 aliphatic carbocycles. The largest absolute Gasteiger partial charge is 0.477 e. The number of unbranched alkanes of at least 4 members (excludes halogenated alkanes) is 10. The van der Waals surface area contributed by atoms with Crippen molar-refractivity contribution in [1.82, 2.24) is 15.0 Å². The number of aromatic nitrogens is 3. The van der Waals surface area contributed by atoms with Crippen LogP contribution in [0.4, 0.5) is 0 Å². The van der Waals surface area contributed by atoms with Crippen molar-refractivity contribution in [1.29, 1.82) is 0 Å². The van der Waals surface area contributed by atoms with Crippen molar-refractivity contribution in [3.63, 3.8) is 0 Å². The van der Waals surface area contributed by atoms with Crippen LogP contribution in [0.5, 0.6) is 0 Å². The van der Waals surface area contributed by atoms with Gasteiger partial charge < -0.3 is 10.2 Å². The van der Waals surface area contributed by atoms with Crippen molar-refractivity contribution in [2.75, 3.05) is 0 Å². The molecule has 3 heterocycles. The number of pyridine rings is 3. The second-order valence-corrected chi connectivity index (χ2v) is 16.1. The highest BCUT2D eigenvalue weighted by Crippen LogP contribution is 2.55. The van der Waals surface area contributed by atoms with Crippen LogP contribution in [0.2, 0.25) is 0 Å². The van der Waals surface area contributed by atoms with Crippen LogP contribution in [0.3, 0.4) is 0 Å². The first-order valence-electron chi connectivity index (χ1n) is 21.6. The first-order chi connectivity index (χ1) is 28.8. The van der Waals surface area contributed by atoms with E-state index in [1.54, 1.807) is 24.3 Å². The van der Waals surface area contributed by atoms with Crippen LogP contribution in [0.1, 0.15) is 136 Å². The summed E-state index contributed by atoms with van der Waals surface area (Å²) in [4.78, 5) is 37.1. The summed E-state index contributed by atoms with van der Waals surface area (Å²) in [6.45, 7) is 4.56. The van der Waals surface area contributed by atoms with Gasteiger partial charge in [0.05, 0.1) is 22.8 Å². The topological polar surface area (TPSA) is 113 Å². The van der Waals surface area contributed by atoms with Crippen LogP contribution >= 0.6 is 0 Å². The zero-order valence-electron chi connectivity index (χ0n) is 34.4. The standard InChI is InChI=1S/C52H55N3O4/c1-3-5-7-9-11-15-31-52(32-16-12-10-8-6-4-2)42-20-14-13-19-40(42)41-30-29-38(33-43(41)52)36-25-27-37(28-26-36)39-34-48(44-21-17-23-46(53-44)50(56)57)55-49(35-39)45-22-18-24-47(54-45)51(58)59/h13-14,17-30,33-35H,3-12,15-16,31-32H2,1-2H3,(H,56,57)(H,58,59). The third-order valence-electron chi connectivity index (χ3n) is 12.0. The van der Waals surface area contributed by atoms with Crippen molar-refractivity contribution >= 4 is 11.9 Å². The molecule has 6 aromatic rings. The summed E-state index contributed by atoms with van der Waals surface area (Å²) in [5.41, 5.74) is 11.3. The normalized spacial score (nSPS) is 12.6. The number of hydrogen-bond donors (Lipinski definition) is 2. The second-order valence-electron chi connectivity index (χ2n) is 16.1. The minimum absolute atomic E-state index is 0.000808. The molecule has 0 fully saturated rings.